The van der Waals surface area contributed by atoms with E-state index < -0.39 is 6.67 Å². The predicted octanol–water partition coefficient (Wildman–Crippen LogP) is 0.810. The topological polar surface area (TPSA) is 9.23 Å². The Morgan fingerprint density at radius 3 is 2.75 bits per heavy atom. The molecule has 0 rings (SSSR count). The van der Waals surface area contributed by atoms with Gasteiger partial charge in [-0.15, -0.1) is 0 Å². The lowest BCUT2D eigenvalue weighted by Gasteiger charge is -1.87. The molecule has 0 aromatic heterocycles. The highest BCUT2D eigenvalue weighted by Crippen LogP contribution is 1.68. The van der Waals surface area contributed by atoms with Gasteiger partial charge < -0.3 is 4.74 Å². The Morgan fingerprint density at radius 1 is 1.50 bits per heavy atom. The molecule has 0 amide bonds. The summed E-state index contributed by atoms with van der Waals surface area (Å²) in [6, 6.07) is 0. The summed E-state index contributed by atoms with van der Waals surface area (Å²) in [6.07, 6.45) is 0. The van der Waals surface area contributed by atoms with E-state index in [0.29, 0.717) is 6.61 Å². The van der Waals surface area contributed by atoms with Crippen molar-refractivity contribution in [1.29, 1.82) is 0 Å². The molecule has 0 bridgehead atoms. The minimum Gasteiger partial charge on any atom is -0.369 e. The van der Waals surface area contributed by atoms with Gasteiger partial charge in [-0.25, -0.2) is 4.39 Å². The summed E-state index contributed by atoms with van der Waals surface area (Å²) in [6.45, 7) is 3.48. The van der Waals surface area contributed by atoms with Crippen LogP contribution in [0, 0.1) is 18.8 Å². The van der Waals surface area contributed by atoms with Crippen LogP contribution < -0.4 is 0 Å². The van der Waals surface area contributed by atoms with E-state index in [2.05, 4.69) is 23.5 Å². The highest BCUT2D eigenvalue weighted by Gasteiger charge is 1.71. The maximum atomic E-state index is 11.2. The first-order valence-corrected chi connectivity index (χ1v) is 2.30. The molecule has 0 aromatic rings. The number of hydrogen-bond donors (Lipinski definition) is 0. The van der Waals surface area contributed by atoms with Gasteiger partial charge in [0, 0.05) is 6.61 Å². The Labute approximate surface area is 48.8 Å². The van der Waals surface area contributed by atoms with Crippen LogP contribution in [0.5, 0.6) is 0 Å². The fourth-order valence-corrected chi connectivity index (χ4v) is 0.221. The molecule has 0 atom stereocenters. The Balaban J connectivity index is 2.90. The van der Waals surface area contributed by atoms with Crippen molar-refractivity contribution in [2.24, 2.45) is 0 Å². The van der Waals surface area contributed by atoms with Crippen molar-refractivity contribution in [2.75, 3.05) is 19.9 Å². The van der Waals surface area contributed by atoms with E-state index >= 15 is 0 Å². The van der Waals surface area contributed by atoms with E-state index in [-0.39, 0.29) is 6.61 Å². The van der Waals surface area contributed by atoms with Crippen molar-refractivity contribution >= 4 is 0 Å². The van der Waals surface area contributed by atoms with Gasteiger partial charge >= 0.3 is 0 Å². The van der Waals surface area contributed by atoms with Gasteiger partial charge in [0.1, 0.15) is 13.3 Å². The summed E-state index contributed by atoms with van der Waals surface area (Å²) in [4.78, 5) is 0. The summed E-state index contributed by atoms with van der Waals surface area (Å²) in [5.41, 5.74) is 0. The Hall–Kier alpha value is -0.550. The zero-order valence-corrected chi connectivity index (χ0v) is 4.61. The predicted molar refractivity (Wildman–Crippen MR) is 29.9 cm³/mol. The van der Waals surface area contributed by atoms with Crippen LogP contribution >= 0.6 is 0 Å². The SMILES string of the molecule is [CH2]COCC#CCF. The second kappa shape index (κ2) is 6.45. The Bertz CT molecular complexity index is 90.4. The van der Waals surface area contributed by atoms with Gasteiger partial charge in [-0.2, -0.15) is 0 Å². The van der Waals surface area contributed by atoms with Gasteiger partial charge in [0.05, 0.1) is 0 Å². The minimum absolute atomic E-state index is 0.285. The van der Waals surface area contributed by atoms with Gasteiger partial charge in [-0.05, 0) is 6.92 Å². The average Bonchev–Trinajstić information content (AvgIpc) is 1.81. The largest absolute Gasteiger partial charge is 0.369 e. The molecule has 0 unspecified atom stereocenters. The van der Waals surface area contributed by atoms with Gasteiger partial charge in [0.2, 0.25) is 0 Å². The van der Waals surface area contributed by atoms with E-state index in [0.717, 1.165) is 0 Å². The molecular weight excluding hydrogens is 107 g/mol. The highest BCUT2D eigenvalue weighted by atomic mass is 19.1. The fourth-order valence-electron chi connectivity index (χ4n) is 0.221. The van der Waals surface area contributed by atoms with E-state index in [9.17, 15) is 4.39 Å². The lowest BCUT2D eigenvalue weighted by molar-refractivity contribution is 0.197. The Kier molecular flexibility index (Phi) is 6.01. The summed E-state index contributed by atoms with van der Waals surface area (Å²) < 4.78 is 15.9. The average molecular weight is 115 g/mol. The summed E-state index contributed by atoms with van der Waals surface area (Å²) in [5.74, 6) is 4.66. The van der Waals surface area contributed by atoms with Crippen molar-refractivity contribution in [3.63, 3.8) is 0 Å². The maximum absolute atomic E-state index is 11.2. The molecular formula is C6H8FO. The third kappa shape index (κ3) is 5.45. The normalized spacial score (nSPS) is 7.75. The number of hydrogen-bond acceptors (Lipinski definition) is 1. The van der Waals surface area contributed by atoms with Crippen LogP contribution in [0.4, 0.5) is 4.39 Å². The smallest absolute Gasteiger partial charge is 0.150 e. The standard InChI is InChI=1S/C6H8FO/c1-2-8-6-4-3-5-7/h1-2,5-6H2. The van der Waals surface area contributed by atoms with E-state index in [1.807, 2.05) is 0 Å². The second-order valence-corrected chi connectivity index (χ2v) is 1.04. The van der Waals surface area contributed by atoms with Crippen LogP contribution in [0.1, 0.15) is 0 Å². The van der Waals surface area contributed by atoms with Crippen molar-refractivity contribution in [2.45, 2.75) is 0 Å². The molecule has 45 valence electrons. The van der Waals surface area contributed by atoms with Gasteiger partial charge in [0.15, 0.2) is 0 Å². The summed E-state index contributed by atoms with van der Waals surface area (Å²) >= 11 is 0. The molecule has 0 saturated carbocycles. The molecule has 0 spiro atoms. The molecule has 8 heavy (non-hydrogen) atoms. The van der Waals surface area contributed by atoms with Crippen molar-refractivity contribution in [3.05, 3.63) is 6.92 Å². The molecule has 1 nitrogen and oxygen atoms in total. The number of halogens is 1. The Morgan fingerprint density at radius 2 is 2.25 bits per heavy atom. The van der Waals surface area contributed by atoms with Crippen LogP contribution in [0.2, 0.25) is 0 Å². The summed E-state index contributed by atoms with van der Waals surface area (Å²) in [5, 5.41) is 0. The molecule has 0 aromatic carbocycles. The van der Waals surface area contributed by atoms with Crippen LogP contribution in [-0.2, 0) is 4.74 Å². The fraction of sp³-hybridized carbons (Fsp3) is 0.500. The molecule has 0 saturated heterocycles. The minimum atomic E-state index is -0.597. The molecule has 0 fully saturated rings. The quantitative estimate of drug-likeness (QED) is 0.382. The van der Waals surface area contributed by atoms with Crippen molar-refractivity contribution in [3.8, 4) is 11.8 Å². The molecule has 0 heterocycles. The first kappa shape index (κ1) is 7.45. The van der Waals surface area contributed by atoms with Gasteiger partial charge in [-0.3, -0.25) is 0 Å². The zero-order valence-electron chi connectivity index (χ0n) is 4.61. The molecule has 0 N–H and O–H groups in total. The lowest BCUT2D eigenvalue weighted by atomic mass is 10.6. The first-order chi connectivity index (χ1) is 3.91. The van der Waals surface area contributed by atoms with Gasteiger partial charge in [0.25, 0.3) is 0 Å². The maximum Gasteiger partial charge on any atom is 0.150 e. The van der Waals surface area contributed by atoms with Crippen LogP contribution in [0.3, 0.4) is 0 Å². The molecule has 0 aliphatic rings. The third-order valence-corrected chi connectivity index (χ3v) is 0.510. The lowest BCUT2D eigenvalue weighted by Crippen LogP contribution is -1.88. The monoisotopic (exact) mass is 115 g/mol. The first-order valence-electron chi connectivity index (χ1n) is 2.30. The number of rotatable bonds is 2. The van der Waals surface area contributed by atoms with Crippen LogP contribution in [0.25, 0.3) is 0 Å². The highest BCUT2D eigenvalue weighted by molar-refractivity contribution is 4.98. The number of alkyl halides is 1. The van der Waals surface area contributed by atoms with Crippen molar-refractivity contribution in [1.82, 2.24) is 0 Å². The van der Waals surface area contributed by atoms with E-state index in [4.69, 9.17) is 0 Å². The van der Waals surface area contributed by atoms with Crippen LogP contribution in [-0.4, -0.2) is 19.9 Å². The number of ether oxygens (including phenoxy) is 1. The summed E-state index contributed by atoms with van der Waals surface area (Å²) in [7, 11) is 0. The third-order valence-electron chi connectivity index (χ3n) is 0.510. The molecule has 2 heteroatoms. The van der Waals surface area contributed by atoms with Crippen molar-refractivity contribution < 1.29 is 9.13 Å². The zero-order chi connectivity index (χ0) is 6.24. The second-order valence-electron chi connectivity index (χ2n) is 1.04. The van der Waals surface area contributed by atoms with Gasteiger partial charge in [-0.1, -0.05) is 11.8 Å². The molecule has 1 radical (unpaired) electrons. The van der Waals surface area contributed by atoms with E-state index in [1.165, 1.54) is 0 Å². The van der Waals surface area contributed by atoms with E-state index in [1.54, 1.807) is 0 Å². The van der Waals surface area contributed by atoms with Crippen LogP contribution in [0.15, 0.2) is 0 Å². The molecule has 0 aliphatic heterocycles. The molecule has 0 aliphatic carbocycles.